The number of fused-ring (bicyclic) bond motifs is 1. The molecular weight excluding hydrogens is 738 g/mol. The number of nitrogens with zero attached hydrogens (tertiary/aromatic N) is 4. The van der Waals surface area contributed by atoms with Gasteiger partial charge in [0.25, 0.3) is 6.47 Å². The molecule has 2 aliphatic heterocycles. The predicted octanol–water partition coefficient (Wildman–Crippen LogP) is 7.77. The van der Waals surface area contributed by atoms with Gasteiger partial charge in [-0.15, -0.1) is 0 Å². The van der Waals surface area contributed by atoms with E-state index in [0.29, 0.717) is 61.2 Å². The number of aromatic nitrogens is 1. The van der Waals surface area contributed by atoms with E-state index in [1.807, 2.05) is 88.0 Å². The minimum absolute atomic E-state index is 0.233. The van der Waals surface area contributed by atoms with E-state index in [0.717, 1.165) is 55.7 Å². The first-order valence-electron chi connectivity index (χ1n) is 20.4. The first kappa shape index (κ1) is 45.2. The number of hydrogen-bond acceptors (Lipinski definition) is 8. The summed E-state index contributed by atoms with van der Waals surface area (Å²) < 4.78 is 21.8. The number of allylic oxidation sites excluding steroid dienone is 1. The van der Waals surface area contributed by atoms with Crippen molar-refractivity contribution < 1.29 is 23.8 Å². The largest absolute Gasteiger partial charge is 0.484 e. The zero-order valence-corrected chi connectivity index (χ0v) is 34.6. The number of hydrogen-bond donors (Lipinski definition) is 6. The van der Waals surface area contributed by atoms with Crippen molar-refractivity contribution >= 4 is 30.0 Å². The van der Waals surface area contributed by atoms with Gasteiger partial charge in [-0.1, -0.05) is 71.0 Å². The summed E-state index contributed by atoms with van der Waals surface area (Å²) in [5.74, 6) is 1.21. The van der Waals surface area contributed by atoms with E-state index >= 15 is 0 Å². The number of likely N-dealkylation sites (tertiary alicyclic amines) is 2. The minimum atomic E-state index is -0.717. The summed E-state index contributed by atoms with van der Waals surface area (Å²) in [6, 6.07) is 18.7. The lowest BCUT2D eigenvalue weighted by atomic mass is 9.85. The number of carbonyl (C=O) groups is 2. The molecule has 13 nitrogen and oxygen atoms in total. The molecule has 7 N–H and O–H groups in total. The number of benzene rings is 2. The average Bonchev–Trinajstić information content (AvgIpc) is 3.21. The third kappa shape index (κ3) is 13.0. The highest BCUT2D eigenvalue weighted by molar-refractivity contribution is 6.05. The van der Waals surface area contributed by atoms with Crippen molar-refractivity contribution in [3.05, 3.63) is 101 Å². The quantitative estimate of drug-likeness (QED) is 0.0801. The summed E-state index contributed by atoms with van der Waals surface area (Å²) in [6.45, 7) is 13.6. The number of rotatable bonds is 7. The fourth-order valence-electron chi connectivity index (χ4n) is 7.12. The Bertz CT molecular complexity index is 1940. The van der Waals surface area contributed by atoms with Crippen LogP contribution in [0.15, 0.2) is 83.6 Å². The molecule has 0 bridgehead atoms. The average molecular weight is 800 g/mol. The molecule has 0 spiro atoms. The molecule has 314 valence electrons. The Morgan fingerprint density at radius 1 is 0.983 bits per heavy atom. The maximum atomic E-state index is 13.7. The highest BCUT2D eigenvalue weighted by atomic mass is 19.1. The van der Waals surface area contributed by atoms with Gasteiger partial charge in [-0.2, -0.15) is 0 Å². The lowest BCUT2D eigenvalue weighted by molar-refractivity contribution is -0.122. The van der Waals surface area contributed by atoms with Crippen LogP contribution in [0.4, 0.5) is 14.9 Å². The van der Waals surface area contributed by atoms with Gasteiger partial charge in [-0.3, -0.25) is 30.4 Å². The van der Waals surface area contributed by atoms with Crippen LogP contribution in [0.25, 0.3) is 0 Å². The van der Waals surface area contributed by atoms with Gasteiger partial charge in [0.2, 0.25) is 5.96 Å². The first-order chi connectivity index (χ1) is 27.8. The molecule has 2 aromatic carbocycles. The number of urea groups is 1. The number of aliphatic imine (C=N–C) groups is 1. The Balaban J connectivity index is 0.00000142. The number of amides is 2. The number of carbonyl (C=O) groups excluding carboxylic acids is 1. The molecule has 3 aromatic rings. The Morgan fingerprint density at radius 3 is 2.33 bits per heavy atom. The molecule has 1 aromatic heterocycles. The topological polar surface area (TPSA) is 185 Å². The standard InChI is InChI=1S/C41H54FN9O2.C2H6.CH2O2/c1-41(2,3)36(43)25-38(46-30-11-9-10-28(24-30)26-49-22-18-29(42)19-23-49)48-40(52)47-34-15-16-35(33-13-6-5-12-32(33)34)53-31-14-17-37(44)51(27-31)39(45)50-20-7-4-8-21-50;1-2;2-1-3/h5-6,9-14,17,24-25,27,29,34-35,44-45H,4,7-8,15-16,18-23,26,43H2,1-3H3,(H2,46,47,48,52);1-2H3;1H,(H,2,3)/b36-25-,44-37?,45-39?;;. The Hall–Kier alpha value is -5.50. The second kappa shape index (κ2) is 21.9. The van der Waals surface area contributed by atoms with E-state index in [-0.39, 0.29) is 29.5 Å². The van der Waals surface area contributed by atoms with Crippen molar-refractivity contribution in [3.63, 3.8) is 0 Å². The second-order valence-electron chi connectivity index (χ2n) is 15.5. The molecule has 58 heavy (non-hydrogen) atoms. The van der Waals surface area contributed by atoms with Gasteiger partial charge in [0.1, 0.15) is 29.3 Å². The van der Waals surface area contributed by atoms with Crippen LogP contribution >= 0.6 is 0 Å². The normalized spacial score (nSPS) is 19.0. The van der Waals surface area contributed by atoms with E-state index < -0.39 is 12.2 Å². The Morgan fingerprint density at radius 2 is 1.66 bits per heavy atom. The molecule has 0 radical (unpaired) electrons. The number of piperidine rings is 2. The van der Waals surface area contributed by atoms with Gasteiger partial charge >= 0.3 is 6.03 Å². The number of carboxylic acid groups (broad SMARTS) is 1. The fourth-order valence-corrected chi connectivity index (χ4v) is 7.12. The lowest BCUT2D eigenvalue weighted by Crippen LogP contribution is -2.43. The van der Waals surface area contributed by atoms with Gasteiger partial charge in [0.05, 0.1) is 17.9 Å². The van der Waals surface area contributed by atoms with Crippen LogP contribution in [0.1, 0.15) is 108 Å². The van der Waals surface area contributed by atoms with E-state index in [9.17, 15) is 9.18 Å². The summed E-state index contributed by atoms with van der Waals surface area (Å²) in [4.78, 5) is 31.1. The zero-order valence-electron chi connectivity index (χ0n) is 34.6. The Kier molecular flexibility index (Phi) is 17.0. The van der Waals surface area contributed by atoms with E-state index in [1.165, 1.54) is 6.42 Å². The molecule has 0 saturated carbocycles. The highest BCUT2D eigenvalue weighted by Gasteiger charge is 2.30. The summed E-state index contributed by atoms with van der Waals surface area (Å²) in [7, 11) is 0. The molecule has 2 amide bonds. The van der Waals surface area contributed by atoms with Gasteiger partial charge in [-0.25, -0.2) is 14.2 Å². The van der Waals surface area contributed by atoms with Crippen molar-refractivity contribution in [2.24, 2.45) is 16.1 Å². The Labute approximate surface area is 342 Å². The SMILES string of the molecule is CC.CC(C)(C)/C(N)=C/C(=Nc1cccc(CN2CCC(F)CC2)c1)NC(=O)NC1CCC(Oc2ccc(=N)n(C(=N)N3CCCCC3)c2)c2ccccc21.O=CO. The summed E-state index contributed by atoms with van der Waals surface area (Å²) in [6.07, 6.45) is 8.15. The maximum absolute atomic E-state index is 13.7. The summed E-state index contributed by atoms with van der Waals surface area (Å²) in [5.41, 5.74) is 10.7. The van der Waals surface area contributed by atoms with Crippen molar-refractivity contribution in [1.82, 2.24) is 25.0 Å². The van der Waals surface area contributed by atoms with Gasteiger partial charge < -0.3 is 25.8 Å². The number of nitrogens with one attached hydrogen (secondary N) is 4. The number of alkyl halides is 1. The molecule has 14 heteroatoms. The molecule has 2 saturated heterocycles. The predicted molar refractivity (Wildman–Crippen MR) is 227 cm³/mol. The van der Waals surface area contributed by atoms with Crippen molar-refractivity contribution in [2.75, 3.05) is 26.2 Å². The van der Waals surface area contributed by atoms with Crippen LogP contribution in [0.5, 0.6) is 5.75 Å². The van der Waals surface area contributed by atoms with Crippen molar-refractivity contribution in [2.45, 2.75) is 104 Å². The third-order valence-corrected chi connectivity index (χ3v) is 10.3. The molecule has 2 atom stereocenters. The van der Waals surface area contributed by atoms with Crippen LogP contribution in [0.2, 0.25) is 0 Å². The molecule has 2 unspecified atom stereocenters. The van der Waals surface area contributed by atoms with Crippen LogP contribution < -0.4 is 26.6 Å². The molecule has 2 fully saturated rings. The lowest BCUT2D eigenvalue weighted by Gasteiger charge is -2.33. The van der Waals surface area contributed by atoms with Gasteiger partial charge in [0, 0.05) is 49.9 Å². The van der Waals surface area contributed by atoms with E-state index in [2.05, 4.69) is 15.5 Å². The highest BCUT2D eigenvalue weighted by Crippen LogP contribution is 2.38. The number of halogens is 1. The molecule has 1 aliphatic carbocycles. The molecule has 6 rings (SSSR count). The number of pyridine rings is 1. The third-order valence-electron chi connectivity index (χ3n) is 10.3. The van der Waals surface area contributed by atoms with Crippen LogP contribution in [0.3, 0.4) is 0 Å². The molecule has 3 aliphatic rings. The van der Waals surface area contributed by atoms with Crippen LogP contribution in [-0.4, -0.2) is 76.1 Å². The monoisotopic (exact) mass is 799 g/mol. The van der Waals surface area contributed by atoms with Crippen LogP contribution in [0, 0.1) is 16.2 Å². The zero-order chi connectivity index (χ0) is 42.2. The summed E-state index contributed by atoms with van der Waals surface area (Å²) >= 11 is 0. The van der Waals surface area contributed by atoms with Crippen molar-refractivity contribution in [3.8, 4) is 5.75 Å². The fraction of sp³-hybridized carbons (Fsp3) is 0.477. The van der Waals surface area contributed by atoms with E-state index in [1.54, 1.807) is 29.0 Å². The summed E-state index contributed by atoms with van der Waals surface area (Å²) in [5, 5.41) is 30.2. The second-order valence-corrected chi connectivity index (χ2v) is 15.5. The number of nitrogens with two attached hydrogens (primary N) is 1. The first-order valence-corrected chi connectivity index (χ1v) is 20.4. The minimum Gasteiger partial charge on any atom is -0.484 e. The number of amidine groups is 1. The molecular formula is C44H62FN9O4. The van der Waals surface area contributed by atoms with Gasteiger partial charge in [0.15, 0.2) is 0 Å². The van der Waals surface area contributed by atoms with E-state index in [4.69, 9.17) is 36.2 Å². The smallest absolute Gasteiger partial charge is 0.320 e. The maximum Gasteiger partial charge on any atom is 0.320 e. The van der Waals surface area contributed by atoms with Gasteiger partial charge in [-0.05, 0) is 85.9 Å². The number of ether oxygens (including phenoxy) is 1. The molecule has 3 heterocycles. The van der Waals surface area contributed by atoms with Crippen LogP contribution in [-0.2, 0) is 11.3 Å². The van der Waals surface area contributed by atoms with Crippen molar-refractivity contribution in [1.29, 1.82) is 10.8 Å².